The average Bonchev–Trinajstić information content (AvgIpc) is 0.747. The Balaban J connectivity index is 0.000000279. The zero-order valence-electron chi connectivity index (χ0n) is 80.9. The SMILES string of the molecule is CCOCC.CCOCC.CCOCC.CCOCC.[C-]#[N+]c1c(-c2c(C)cc(C)cc2C)cc(-c2cc(-c3c(C)cc(C)cc3C)c([N+]#[C-])c(-c3c(C)cc(C)cc3C)c2)cc1-c1c(C)cc(C)cc1C.[C-]#[N+]c1c(-c2c(C)cc(C)cc2C)cc(-c2cc(-c3c(C)cc(C)cc3C)c([N+]#[C-])c(-c3c(C)cc(C)cc3C)c2)cc1-c1c(C)cc(C)cc1C. The first kappa shape index (κ1) is 99.5. The van der Waals surface area contributed by atoms with Crippen molar-refractivity contribution in [3.05, 3.63) is 325 Å². The molecule has 0 fully saturated rings. The molecule has 0 aliphatic carbocycles. The van der Waals surface area contributed by atoms with Crippen molar-refractivity contribution in [2.24, 2.45) is 0 Å². The van der Waals surface area contributed by atoms with Gasteiger partial charge in [-0.05, 0) is 422 Å². The lowest BCUT2D eigenvalue weighted by Gasteiger charge is -2.22. The van der Waals surface area contributed by atoms with Crippen molar-refractivity contribution < 1.29 is 18.9 Å². The summed E-state index contributed by atoms with van der Waals surface area (Å²) in [4.78, 5) is 17.2. The van der Waals surface area contributed by atoms with Crippen LogP contribution in [-0.2, 0) is 18.9 Å². The summed E-state index contributed by atoms with van der Waals surface area (Å²) in [5.74, 6) is 0. The molecule has 12 aromatic carbocycles. The van der Waals surface area contributed by atoms with Crippen molar-refractivity contribution in [3.8, 4) is 111 Å². The number of rotatable bonds is 18. The van der Waals surface area contributed by atoms with Crippen molar-refractivity contribution >= 4 is 22.7 Å². The molecule has 8 nitrogen and oxygen atoms in total. The molecular formula is C116H136N4O4. The average molecular weight is 1650 g/mol. The van der Waals surface area contributed by atoms with Crippen LogP contribution in [0.25, 0.3) is 131 Å². The molecule has 8 heteroatoms. The Morgan fingerprint density at radius 3 is 0.315 bits per heavy atom. The van der Waals surface area contributed by atoms with Gasteiger partial charge < -0.3 is 18.9 Å². The van der Waals surface area contributed by atoms with E-state index >= 15 is 0 Å². The second-order valence-corrected chi connectivity index (χ2v) is 33.4. The topological polar surface area (TPSA) is 54.4 Å². The highest BCUT2D eigenvalue weighted by Gasteiger charge is 2.28. The lowest BCUT2D eigenvalue weighted by molar-refractivity contribution is 0.162. The van der Waals surface area contributed by atoms with E-state index in [4.69, 9.17) is 45.2 Å². The van der Waals surface area contributed by atoms with E-state index in [1.807, 2.05) is 55.4 Å². The molecule has 0 unspecified atom stereocenters. The summed E-state index contributed by atoms with van der Waals surface area (Å²) in [6.07, 6.45) is 0. The third-order valence-electron chi connectivity index (χ3n) is 22.8. The van der Waals surface area contributed by atoms with E-state index in [0.29, 0.717) is 22.7 Å². The molecule has 0 spiro atoms. The molecule has 0 heterocycles. The fourth-order valence-corrected chi connectivity index (χ4v) is 18.9. The first-order chi connectivity index (χ1) is 58.9. The molecule has 124 heavy (non-hydrogen) atoms. The van der Waals surface area contributed by atoms with Crippen molar-refractivity contribution in [1.29, 1.82) is 0 Å². The fourth-order valence-electron chi connectivity index (χ4n) is 18.9. The van der Waals surface area contributed by atoms with E-state index in [1.54, 1.807) is 0 Å². The zero-order chi connectivity index (χ0) is 92.0. The summed E-state index contributed by atoms with van der Waals surface area (Å²) < 4.78 is 19.3. The minimum Gasteiger partial charge on any atom is -0.382 e. The maximum atomic E-state index is 8.63. The molecule has 0 saturated carbocycles. The van der Waals surface area contributed by atoms with Gasteiger partial charge in [0.15, 0.2) is 0 Å². The zero-order valence-corrected chi connectivity index (χ0v) is 80.9. The summed E-state index contributed by atoms with van der Waals surface area (Å²) in [7, 11) is 0. The quantitative estimate of drug-likeness (QED) is 0.0804. The molecule has 12 aromatic rings. The molecule has 0 radical (unpaired) electrons. The summed E-state index contributed by atoms with van der Waals surface area (Å²) in [5.41, 5.74) is 51.4. The lowest BCUT2D eigenvalue weighted by atomic mass is 9.82. The van der Waals surface area contributed by atoms with Crippen LogP contribution < -0.4 is 0 Å². The minimum atomic E-state index is 0.669. The predicted molar refractivity (Wildman–Crippen MR) is 535 cm³/mol. The van der Waals surface area contributed by atoms with Crippen LogP contribution in [0.15, 0.2) is 146 Å². The van der Waals surface area contributed by atoms with Crippen LogP contribution in [0.4, 0.5) is 22.7 Å². The largest absolute Gasteiger partial charge is 0.382 e. The van der Waals surface area contributed by atoms with Gasteiger partial charge >= 0.3 is 0 Å². The Hall–Kier alpha value is -11.6. The second-order valence-electron chi connectivity index (χ2n) is 33.4. The normalized spacial score (nSPS) is 10.6. The van der Waals surface area contributed by atoms with Gasteiger partial charge in [0, 0.05) is 52.9 Å². The summed E-state index contributed by atoms with van der Waals surface area (Å²) >= 11 is 0. The molecule has 0 bridgehead atoms. The molecule has 0 atom stereocenters. The smallest absolute Gasteiger partial charge is 0.202 e. The molecule has 12 rings (SSSR count). The Morgan fingerprint density at radius 1 is 0.161 bits per heavy atom. The maximum absolute atomic E-state index is 8.63. The number of ether oxygens (including phenoxy) is 4. The van der Waals surface area contributed by atoms with Crippen molar-refractivity contribution in [2.45, 2.75) is 222 Å². The van der Waals surface area contributed by atoms with Gasteiger partial charge in [0.25, 0.3) is 0 Å². The lowest BCUT2D eigenvalue weighted by Crippen LogP contribution is -1.98. The van der Waals surface area contributed by atoms with E-state index in [0.717, 1.165) is 253 Å². The van der Waals surface area contributed by atoms with E-state index in [1.165, 1.54) is 44.5 Å². The maximum Gasteiger partial charge on any atom is 0.202 e. The van der Waals surface area contributed by atoms with E-state index in [2.05, 4.69) is 331 Å². The van der Waals surface area contributed by atoms with Gasteiger partial charge in [-0.25, -0.2) is 19.4 Å². The molecular weight excluding hydrogens is 1510 g/mol. The van der Waals surface area contributed by atoms with Crippen LogP contribution in [0.1, 0.15) is 189 Å². The molecule has 0 aliphatic heterocycles. The van der Waals surface area contributed by atoms with Crippen LogP contribution in [0.2, 0.25) is 0 Å². The van der Waals surface area contributed by atoms with Gasteiger partial charge in [0.05, 0.1) is 26.3 Å². The molecule has 0 aromatic heterocycles. The first-order valence-corrected chi connectivity index (χ1v) is 44.1. The fraction of sp³-hybridized carbons (Fsp3) is 0.345. The van der Waals surface area contributed by atoms with Crippen LogP contribution in [-0.4, -0.2) is 52.9 Å². The van der Waals surface area contributed by atoms with Crippen LogP contribution in [0, 0.1) is 192 Å². The van der Waals surface area contributed by atoms with Crippen LogP contribution in [0.3, 0.4) is 0 Å². The van der Waals surface area contributed by atoms with Crippen LogP contribution >= 0.6 is 0 Å². The predicted octanol–water partition coefficient (Wildman–Crippen LogP) is 33.8. The number of benzene rings is 12. The van der Waals surface area contributed by atoms with Crippen molar-refractivity contribution in [2.75, 3.05) is 52.9 Å². The Labute approximate surface area is 747 Å². The summed E-state index contributed by atoms with van der Waals surface area (Å²) in [6.45, 7) is 109. The molecule has 644 valence electrons. The van der Waals surface area contributed by atoms with Gasteiger partial charge in [-0.1, -0.05) is 190 Å². The molecule has 0 saturated heterocycles. The third-order valence-corrected chi connectivity index (χ3v) is 22.8. The number of nitrogens with zero attached hydrogens (tertiary/aromatic N) is 4. The van der Waals surface area contributed by atoms with E-state index in [9.17, 15) is 0 Å². The Kier molecular flexibility index (Phi) is 36.7. The van der Waals surface area contributed by atoms with E-state index < -0.39 is 0 Å². The standard InChI is InChI=1S/2C50H48N2.4C4H10O/c2*1-27-15-31(5)45(32(6)16-27)41-23-39(24-42(49(41)51-13)46-33(7)17-28(2)18-34(46)8)40-25-43(47-35(9)19-29(3)20-36(47)10)50(52-14)44(26-40)48-37(11)21-30(4)22-38(48)12;4*1-3-5-4-2/h2*15-26H,1-12H3;4*3-4H2,1-2H3. The van der Waals surface area contributed by atoms with Crippen molar-refractivity contribution in [1.82, 2.24) is 0 Å². The molecule has 0 aliphatic rings. The highest BCUT2D eigenvalue weighted by molar-refractivity contribution is 6.04. The molecule has 0 N–H and O–H groups in total. The van der Waals surface area contributed by atoms with Gasteiger partial charge in [0.2, 0.25) is 22.7 Å². The summed E-state index contributed by atoms with van der Waals surface area (Å²) in [6, 6.07) is 53.3. The van der Waals surface area contributed by atoms with E-state index in [-0.39, 0.29) is 0 Å². The van der Waals surface area contributed by atoms with Crippen LogP contribution in [0.5, 0.6) is 0 Å². The number of hydrogen-bond donors (Lipinski definition) is 0. The minimum absolute atomic E-state index is 0.669. The van der Waals surface area contributed by atoms with Crippen molar-refractivity contribution in [3.63, 3.8) is 0 Å². The first-order valence-electron chi connectivity index (χ1n) is 44.1. The Bertz CT molecular complexity index is 4820. The number of hydrogen-bond acceptors (Lipinski definition) is 4. The highest BCUT2D eigenvalue weighted by atomic mass is 16.5. The van der Waals surface area contributed by atoms with Gasteiger partial charge in [-0.2, -0.15) is 0 Å². The second kappa shape index (κ2) is 45.7. The molecule has 0 amide bonds. The Morgan fingerprint density at radius 2 is 0.250 bits per heavy atom. The van der Waals surface area contributed by atoms with Gasteiger partial charge in [-0.3, -0.25) is 0 Å². The highest BCUT2D eigenvalue weighted by Crippen LogP contribution is 2.54. The van der Waals surface area contributed by atoms with Gasteiger partial charge in [-0.15, -0.1) is 0 Å². The monoisotopic (exact) mass is 1650 g/mol. The summed E-state index contributed by atoms with van der Waals surface area (Å²) in [5, 5.41) is 0. The third kappa shape index (κ3) is 23.7. The van der Waals surface area contributed by atoms with Gasteiger partial charge in [0.1, 0.15) is 0 Å². The number of aryl methyl sites for hydroxylation is 24.